The van der Waals surface area contributed by atoms with E-state index in [-0.39, 0.29) is 22.7 Å². The maximum absolute atomic E-state index is 12.2. The first-order valence-electron chi connectivity index (χ1n) is 6.35. The molecule has 0 unspecified atom stereocenters. The molecule has 0 bridgehead atoms. The first-order valence-corrected chi connectivity index (χ1v) is 6.72. The average molecular weight is 305 g/mol. The fourth-order valence-electron chi connectivity index (χ4n) is 2.07. The van der Waals surface area contributed by atoms with Gasteiger partial charge in [0, 0.05) is 11.8 Å². The molecule has 1 aliphatic rings. The van der Waals surface area contributed by atoms with Crippen molar-refractivity contribution < 1.29 is 18.3 Å². The maximum Gasteiger partial charge on any atom is 0.387 e. The van der Waals surface area contributed by atoms with Gasteiger partial charge in [0.25, 0.3) is 0 Å². The van der Waals surface area contributed by atoms with Crippen molar-refractivity contribution in [2.45, 2.75) is 31.9 Å². The van der Waals surface area contributed by atoms with Crippen molar-refractivity contribution in [2.75, 3.05) is 11.9 Å². The third-order valence-corrected chi connectivity index (χ3v) is 3.35. The van der Waals surface area contributed by atoms with Crippen LogP contribution in [-0.4, -0.2) is 25.1 Å². The molecule has 0 radical (unpaired) electrons. The third kappa shape index (κ3) is 4.05. The monoisotopic (exact) mass is 304 g/mol. The van der Waals surface area contributed by atoms with Crippen LogP contribution < -0.4 is 15.4 Å². The summed E-state index contributed by atoms with van der Waals surface area (Å²) in [7, 11) is 0. The summed E-state index contributed by atoms with van der Waals surface area (Å²) in [6.07, 6.45) is 2.81. The standard InChI is InChI=1S/C13H15ClF2N2O2/c14-9-5-4-8(7-11(9)20-13(15)16)18-12(19)10-3-1-2-6-17-10/h4-5,7,10,13,17H,1-3,6H2,(H,18,19)/t10-/m0/s1. The lowest BCUT2D eigenvalue weighted by Gasteiger charge is -2.22. The number of piperidine rings is 1. The zero-order valence-corrected chi connectivity index (χ0v) is 11.4. The number of carbonyl (C=O) groups is 1. The summed E-state index contributed by atoms with van der Waals surface area (Å²) in [5.74, 6) is -0.342. The SMILES string of the molecule is O=C(Nc1ccc(Cl)c(OC(F)F)c1)[C@@H]1CCCCN1. The van der Waals surface area contributed by atoms with Gasteiger partial charge in [0.2, 0.25) is 5.91 Å². The van der Waals surface area contributed by atoms with Crippen LogP contribution in [0.3, 0.4) is 0 Å². The summed E-state index contributed by atoms with van der Waals surface area (Å²) in [5.41, 5.74) is 0.377. The van der Waals surface area contributed by atoms with Crippen LogP contribution in [0.15, 0.2) is 18.2 Å². The number of anilines is 1. The van der Waals surface area contributed by atoms with E-state index in [2.05, 4.69) is 15.4 Å². The molecule has 1 aromatic rings. The molecule has 20 heavy (non-hydrogen) atoms. The number of rotatable bonds is 4. The summed E-state index contributed by atoms with van der Waals surface area (Å²) in [5, 5.41) is 5.84. The van der Waals surface area contributed by atoms with Crippen LogP contribution in [0.25, 0.3) is 0 Å². The predicted molar refractivity (Wildman–Crippen MR) is 72.4 cm³/mol. The van der Waals surface area contributed by atoms with E-state index in [1.807, 2.05) is 0 Å². The topological polar surface area (TPSA) is 50.4 Å². The second-order valence-corrected chi connectivity index (χ2v) is 4.92. The van der Waals surface area contributed by atoms with Crippen molar-refractivity contribution in [2.24, 2.45) is 0 Å². The average Bonchev–Trinajstić information content (AvgIpc) is 2.43. The molecule has 110 valence electrons. The number of halogens is 3. The van der Waals surface area contributed by atoms with E-state index in [9.17, 15) is 13.6 Å². The van der Waals surface area contributed by atoms with Crippen LogP contribution in [0.4, 0.5) is 14.5 Å². The van der Waals surface area contributed by atoms with Crippen molar-refractivity contribution in [1.29, 1.82) is 0 Å². The number of carbonyl (C=O) groups excluding carboxylic acids is 1. The van der Waals surface area contributed by atoms with Crippen LogP contribution >= 0.6 is 11.6 Å². The smallest absolute Gasteiger partial charge is 0.387 e. The highest BCUT2D eigenvalue weighted by molar-refractivity contribution is 6.32. The number of nitrogens with one attached hydrogen (secondary N) is 2. The second kappa shape index (κ2) is 6.85. The van der Waals surface area contributed by atoms with Crippen LogP contribution in [0, 0.1) is 0 Å². The Hall–Kier alpha value is -1.40. The molecule has 2 rings (SSSR count). The van der Waals surface area contributed by atoms with Gasteiger partial charge in [-0.05, 0) is 31.5 Å². The Morgan fingerprint density at radius 3 is 2.90 bits per heavy atom. The van der Waals surface area contributed by atoms with E-state index >= 15 is 0 Å². The van der Waals surface area contributed by atoms with E-state index in [1.54, 1.807) is 6.07 Å². The lowest BCUT2D eigenvalue weighted by molar-refractivity contribution is -0.118. The number of alkyl halides is 2. The van der Waals surface area contributed by atoms with Crippen LogP contribution in [-0.2, 0) is 4.79 Å². The van der Waals surface area contributed by atoms with E-state index in [0.29, 0.717) is 5.69 Å². The fraction of sp³-hybridized carbons (Fsp3) is 0.462. The highest BCUT2D eigenvalue weighted by atomic mass is 35.5. The number of ether oxygens (including phenoxy) is 1. The van der Waals surface area contributed by atoms with Crippen LogP contribution in [0.5, 0.6) is 5.75 Å². The second-order valence-electron chi connectivity index (χ2n) is 4.52. The molecule has 1 aromatic carbocycles. The first-order chi connectivity index (χ1) is 9.56. The third-order valence-electron chi connectivity index (χ3n) is 3.04. The molecule has 1 amide bonds. The number of hydrogen-bond donors (Lipinski definition) is 2. The summed E-state index contributed by atoms with van der Waals surface area (Å²) < 4.78 is 28.7. The molecule has 1 aliphatic heterocycles. The Bertz CT molecular complexity index is 479. The molecule has 0 aromatic heterocycles. The maximum atomic E-state index is 12.2. The Labute approximate surface area is 120 Å². The van der Waals surface area contributed by atoms with Gasteiger partial charge in [-0.3, -0.25) is 4.79 Å². The lowest BCUT2D eigenvalue weighted by Crippen LogP contribution is -2.43. The quantitative estimate of drug-likeness (QED) is 0.899. The summed E-state index contributed by atoms with van der Waals surface area (Å²) in [4.78, 5) is 12.0. The largest absolute Gasteiger partial charge is 0.433 e. The number of hydrogen-bond acceptors (Lipinski definition) is 3. The van der Waals surface area contributed by atoms with E-state index < -0.39 is 6.61 Å². The Kier molecular flexibility index (Phi) is 5.14. The zero-order chi connectivity index (χ0) is 14.5. The lowest BCUT2D eigenvalue weighted by atomic mass is 10.0. The molecule has 0 aliphatic carbocycles. The minimum Gasteiger partial charge on any atom is -0.433 e. The molecular weight excluding hydrogens is 290 g/mol. The Balaban J connectivity index is 2.03. The van der Waals surface area contributed by atoms with Gasteiger partial charge < -0.3 is 15.4 Å². The van der Waals surface area contributed by atoms with Gasteiger partial charge in [-0.25, -0.2) is 0 Å². The summed E-state index contributed by atoms with van der Waals surface area (Å²) >= 11 is 5.74. The minimum absolute atomic E-state index is 0.0686. The van der Waals surface area contributed by atoms with Gasteiger partial charge in [-0.15, -0.1) is 0 Å². The van der Waals surface area contributed by atoms with Crippen molar-refractivity contribution in [3.05, 3.63) is 23.2 Å². The molecule has 2 N–H and O–H groups in total. The van der Waals surface area contributed by atoms with Gasteiger partial charge in [0.1, 0.15) is 5.75 Å². The molecule has 4 nitrogen and oxygen atoms in total. The predicted octanol–water partition coefficient (Wildman–Crippen LogP) is 3.02. The van der Waals surface area contributed by atoms with Crippen LogP contribution in [0.2, 0.25) is 5.02 Å². The molecule has 0 saturated carbocycles. The van der Waals surface area contributed by atoms with Crippen LogP contribution in [0.1, 0.15) is 19.3 Å². The minimum atomic E-state index is -2.96. The zero-order valence-electron chi connectivity index (χ0n) is 10.7. The highest BCUT2D eigenvalue weighted by Gasteiger charge is 2.20. The van der Waals surface area contributed by atoms with Crippen molar-refractivity contribution >= 4 is 23.2 Å². The van der Waals surface area contributed by atoms with Gasteiger partial charge in [-0.2, -0.15) is 8.78 Å². The van der Waals surface area contributed by atoms with Gasteiger partial charge in [-0.1, -0.05) is 18.0 Å². The normalized spacial score (nSPS) is 18.9. The molecule has 1 heterocycles. The Morgan fingerprint density at radius 2 is 2.25 bits per heavy atom. The Morgan fingerprint density at radius 1 is 1.45 bits per heavy atom. The van der Waals surface area contributed by atoms with Gasteiger partial charge in [0.05, 0.1) is 11.1 Å². The van der Waals surface area contributed by atoms with E-state index in [0.717, 1.165) is 25.8 Å². The fourth-order valence-corrected chi connectivity index (χ4v) is 2.23. The molecule has 7 heteroatoms. The molecule has 1 fully saturated rings. The molecular formula is C13H15ClF2N2O2. The van der Waals surface area contributed by atoms with Crippen molar-refractivity contribution in [1.82, 2.24) is 5.32 Å². The molecule has 0 spiro atoms. The highest BCUT2D eigenvalue weighted by Crippen LogP contribution is 2.29. The first kappa shape index (κ1) is 15.0. The summed E-state index contributed by atoms with van der Waals surface area (Å²) in [6.45, 7) is -2.16. The molecule has 1 atom stereocenters. The van der Waals surface area contributed by atoms with Crippen molar-refractivity contribution in [3.8, 4) is 5.75 Å². The van der Waals surface area contributed by atoms with E-state index in [1.165, 1.54) is 12.1 Å². The number of benzene rings is 1. The molecule has 1 saturated heterocycles. The van der Waals surface area contributed by atoms with Gasteiger partial charge >= 0.3 is 6.61 Å². The van der Waals surface area contributed by atoms with E-state index in [4.69, 9.17) is 11.6 Å². The van der Waals surface area contributed by atoms with Crippen molar-refractivity contribution in [3.63, 3.8) is 0 Å². The van der Waals surface area contributed by atoms with Gasteiger partial charge in [0.15, 0.2) is 0 Å². The number of amides is 1. The summed E-state index contributed by atoms with van der Waals surface area (Å²) in [6, 6.07) is 3.98.